The molecular weight excluding hydrogens is 393 g/mol. The first-order valence-corrected chi connectivity index (χ1v) is 7.58. The average molecular weight is 406 g/mol. The third-order valence-corrected chi connectivity index (χ3v) is 4.55. The first-order valence-electron chi connectivity index (χ1n) is 5.62. The standard InChI is InChI=1S/C14H12Br2ClNO/c1-19-13-6-5-10(15)7-9(13)8-18-12-4-2-3-11(17)14(12)16/h2-7,18H,8H2,1H3. The third kappa shape index (κ3) is 3.65. The van der Waals surface area contributed by atoms with E-state index in [1.807, 2.05) is 36.4 Å². The molecule has 0 aliphatic rings. The Labute approximate surface area is 134 Å². The molecule has 0 fully saturated rings. The summed E-state index contributed by atoms with van der Waals surface area (Å²) in [6.45, 7) is 0.654. The van der Waals surface area contributed by atoms with Crippen LogP contribution in [-0.4, -0.2) is 7.11 Å². The Morgan fingerprint density at radius 3 is 2.74 bits per heavy atom. The van der Waals surface area contributed by atoms with Gasteiger partial charge < -0.3 is 10.1 Å². The normalized spacial score (nSPS) is 10.3. The summed E-state index contributed by atoms with van der Waals surface area (Å²) >= 11 is 13.0. The van der Waals surface area contributed by atoms with Crippen LogP contribution in [0.25, 0.3) is 0 Å². The first kappa shape index (κ1) is 14.7. The Kier molecular flexibility index (Phi) is 5.13. The van der Waals surface area contributed by atoms with E-state index in [4.69, 9.17) is 16.3 Å². The molecule has 0 bridgehead atoms. The molecule has 19 heavy (non-hydrogen) atoms. The van der Waals surface area contributed by atoms with Gasteiger partial charge in [0.25, 0.3) is 0 Å². The minimum atomic E-state index is 0.654. The van der Waals surface area contributed by atoms with Gasteiger partial charge in [-0.2, -0.15) is 0 Å². The quantitative estimate of drug-likeness (QED) is 0.727. The fraction of sp³-hybridized carbons (Fsp3) is 0.143. The van der Waals surface area contributed by atoms with Gasteiger partial charge in [0.2, 0.25) is 0 Å². The molecular formula is C14H12Br2ClNO. The molecule has 0 saturated carbocycles. The van der Waals surface area contributed by atoms with Crippen LogP contribution in [-0.2, 0) is 6.54 Å². The predicted octanol–water partition coefficient (Wildman–Crippen LogP) is 5.49. The van der Waals surface area contributed by atoms with Gasteiger partial charge in [0, 0.05) is 16.6 Å². The monoisotopic (exact) mass is 403 g/mol. The second-order valence-electron chi connectivity index (χ2n) is 3.91. The lowest BCUT2D eigenvalue weighted by atomic mass is 10.2. The summed E-state index contributed by atoms with van der Waals surface area (Å²) in [5.41, 5.74) is 2.03. The van der Waals surface area contributed by atoms with Crippen molar-refractivity contribution < 1.29 is 4.74 Å². The van der Waals surface area contributed by atoms with Crippen LogP contribution in [0.1, 0.15) is 5.56 Å². The molecule has 100 valence electrons. The summed E-state index contributed by atoms with van der Waals surface area (Å²) in [6.07, 6.45) is 0. The van der Waals surface area contributed by atoms with Gasteiger partial charge in [-0.1, -0.05) is 33.6 Å². The van der Waals surface area contributed by atoms with Crippen LogP contribution in [0.3, 0.4) is 0 Å². The number of methoxy groups -OCH3 is 1. The number of anilines is 1. The second-order valence-corrected chi connectivity index (χ2v) is 6.03. The third-order valence-electron chi connectivity index (χ3n) is 2.66. The van der Waals surface area contributed by atoms with E-state index in [1.165, 1.54) is 0 Å². The molecule has 0 atom stereocenters. The van der Waals surface area contributed by atoms with Crippen molar-refractivity contribution in [2.24, 2.45) is 0 Å². The molecule has 0 spiro atoms. The number of hydrogen-bond donors (Lipinski definition) is 1. The van der Waals surface area contributed by atoms with Crippen molar-refractivity contribution in [2.75, 3.05) is 12.4 Å². The van der Waals surface area contributed by atoms with Gasteiger partial charge >= 0.3 is 0 Å². The molecule has 0 saturated heterocycles. The molecule has 0 aliphatic heterocycles. The van der Waals surface area contributed by atoms with E-state index in [1.54, 1.807) is 7.11 Å². The van der Waals surface area contributed by atoms with Crippen molar-refractivity contribution >= 4 is 49.1 Å². The molecule has 2 nitrogen and oxygen atoms in total. The number of benzene rings is 2. The van der Waals surface area contributed by atoms with Crippen LogP contribution in [0.15, 0.2) is 45.3 Å². The van der Waals surface area contributed by atoms with Crippen molar-refractivity contribution in [2.45, 2.75) is 6.54 Å². The van der Waals surface area contributed by atoms with E-state index in [0.717, 1.165) is 25.9 Å². The highest BCUT2D eigenvalue weighted by molar-refractivity contribution is 9.11. The fourth-order valence-electron chi connectivity index (χ4n) is 1.72. The number of hydrogen-bond acceptors (Lipinski definition) is 2. The van der Waals surface area contributed by atoms with Gasteiger partial charge in [-0.25, -0.2) is 0 Å². The van der Waals surface area contributed by atoms with E-state index in [-0.39, 0.29) is 0 Å². The van der Waals surface area contributed by atoms with Crippen LogP contribution in [0, 0.1) is 0 Å². The van der Waals surface area contributed by atoms with Crippen LogP contribution >= 0.6 is 43.5 Å². The molecule has 1 N–H and O–H groups in total. The lowest BCUT2D eigenvalue weighted by Crippen LogP contribution is -2.02. The molecule has 0 unspecified atom stereocenters. The van der Waals surface area contributed by atoms with E-state index in [9.17, 15) is 0 Å². The largest absolute Gasteiger partial charge is 0.496 e. The SMILES string of the molecule is COc1ccc(Br)cc1CNc1cccc(Cl)c1Br. The van der Waals surface area contributed by atoms with Crippen LogP contribution in [0.5, 0.6) is 5.75 Å². The van der Waals surface area contributed by atoms with E-state index >= 15 is 0 Å². The van der Waals surface area contributed by atoms with Gasteiger partial charge in [-0.15, -0.1) is 0 Å². The molecule has 0 heterocycles. The highest BCUT2D eigenvalue weighted by atomic mass is 79.9. The van der Waals surface area contributed by atoms with Gasteiger partial charge in [-0.3, -0.25) is 0 Å². The number of halogens is 3. The lowest BCUT2D eigenvalue weighted by Gasteiger charge is -2.12. The molecule has 2 rings (SSSR count). The van der Waals surface area contributed by atoms with Crippen molar-refractivity contribution in [3.63, 3.8) is 0 Å². The Bertz CT molecular complexity index is 590. The highest BCUT2D eigenvalue weighted by Crippen LogP contribution is 2.31. The first-order chi connectivity index (χ1) is 9.11. The van der Waals surface area contributed by atoms with Crippen molar-refractivity contribution in [1.82, 2.24) is 0 Å². The Morgan fingerprint density at radius 1 is 1.21 bits per heavy atom. The van der Waals surface area contributed by atoms with Crippen LogP contribution < -0.4 is 10.1 Å². The molecule has 0 aromatic heterocycles. The van der Waals surface area contributed by atoms with E-state index in [2.05, 4.69) is 37.2 Å². The van der Waals surface area contributed by atoms with Gasteiger partial charge in [0.1, 0.15) is 5.75 Å². The zero-order valence-electron chi connectivity index (χ0n) is 10.2. The van der Waals surface area contributed by atoms with Crippen LogP contribution in [0.2, 0.25) is 5.02 Å². The summed E-state index contributed by atoms with van der Waals surface area (Å²) in [5.74, 6) is 0.855. The fourth-order valence-corrected chi connectivity index (χ4v) is 2.70. The van der Waals surface area contributed by atoms with Crippen LogP contribution in [0.4, 0.5) is 5.69 Å². The summed E-state index contributed by atoms with van der Waals surface area (Å²) in [6, 6.07) is 11.7. The number of ether oxygens (including phenoxy) is 1. The zero-order chi connectivity index (χ0) is 13.8. The van der Waals surface area contributed by atoms with Crippen molar-refractivity contribution in [3.8, 4) is 5.75 Å². The summed E-state index contributed by atoms with van der Waals surface area (Å²) in [4.78, 5) is 0. The maximum Gasteiger partial charge on any atom is 0.123 e. The predicted molar refractivity (Wildman–Crippen MR) is 87.2 cm³/mol. The van der Waals surface area contributed by atoms with Gasteiger partial charge in [0.15, 0.2) is 0 Å². The summed E-state index contributed by atoms with van der Waals surface area (Å²) in [7, 11) is 1.67. The molecule has 0 aliphatic carbocycles. The smallest absolute Gasteiger partial charge is 0.123 e. The number of rotatable bonds is 4. The second kappa shape index (κ2) is 6.64. The Balaban J connectivity index is 2.18. The van der Waals surface area contributed by atoms with E-state index < -0.39 is 0 Å². The van der Waals surface area contributed by atoms with E-state index in [0.29, 0.717) is 11.6 Å². The minimum absolute atomic E-state index is 0.654. The lowest BCUT2D eigenvalue weighted by molar-refractivity contribution is 0.410. The molecule has 2 aromatic rings. The maximum absolute atomic E-state index is 6.06. The average Bonchev–Trinajstić information content (AvgIpc) is 2.40. The van der Waals surface area contributed by atoms with Gasteiger partial charge in [-0.05, 0) is 46.3 Å². The topological polar surface area (TPSA) is 21.3 Å². The molecule has 5 heteroatoms. The Hall–Kier alpha value is -0.710. The highest BCUT2D eigenvalue weighted by Gasteiger charge is 2.06. The molecule has 2 aromatic carbocycles. The molecule has 0 radical (unpaired) electrons. The molecule has 0 amide bonds. The van der Waals surface area contributed by atoms with Crippen molar-refractivity contribution in [3.05, 3.63) is 55.9 Å². The summed E-state index contributed by atoms with van der Waals surface area (Å²) < 4.78 is 7.23. The van der Waals surface area contributed by atoms with Crippen molar-refractivity contribution in [1.29, 1.82) is 0 Å². The summed E-state index contributed by atoms with van der Waals surface area (Å²) in [5, 5.41) is 4.03. The Morgan fingerprint density at radius 2 is 2.00 bits per heavy atom. The zero-order valence-corrected chi connectivity index (χ0v) is 14.1. The number of nitrogens with one attached hydrogen (secondary N) is 1. The maximum atomic E-state index is 6.06. The minimum Gasteiger partial charge on any atom is -0.496 e. The van der Waals surface area contributed by atoms with Gasteiger partial charge in [0.05, 0.1) is 22.3 Å².